The number of rotatable bonds is 0. The van der Waals surface area contributed by atoms with Crippen LogP contribution in [0.15, 0.2) is 47.4 Å². The summed E-state index contributed by atoms with van der Waals surface area (Å²) in [6, 6.07) is 11.5. The second-order valence-corrected chi connectivity index (χ2v) is 3.14. The Morgan fingerprint density at radius 2 is 1.64 bits per heavy atom. The molecule has 0 radical (unpaired) electrons. The van der Waals surface area contributed by atoms with Crippen LogP contribution in [0.3, 0.4) is 0 Å². The molecule has 0 bridgehead atoms. The Morgan fingerprint density at radius 1 is 0.929 bits per heavy atom. The Kier molecular flexibility index (Phi) is 1.93. The predicted octanol–water partition coefficient (Wildman–Crippen LogP) is 2.31. The molecule has 0 aliphatic rings. The van der Waals surface area contributed by atoms with Gasteiger partial charge in [0.15, 0.2) is 0 Å². The van der Waals surface area contributed by atoms with Crippen LogP contribution in [0.1, 0.15) is 0 Å². The molecular weight excluding hydrogens is 198 g/mol. The lowest BCUT2D eigenvalue weighted by atomic mass is 10.2. The lowest BCUT2D eigenvalue weighted by Gasteiger charge is -1.97. The maximum Gasteiger partial charge on any atom is 0.255 e. The monoisotopic (exact) mass is 205 g/mol. The topological polar surface area (TPSA) is 21.5 Å². The molecule has 2 heterocycles. The fourth-order valence-corrected chi connectivity index (χ4v) is 1.78. The fraction of sp³-hybridized carbons (Fsp3) is 0. The van der Waals surface area contributed by atoms with E-state index in [1.54, 1.807) is 10.5 Å². The van der Waals surface area contributed by atoms with Crippen LogP contribution in [0.25, 0.3) is 16.3 Å². The normalized spacial score (nSPS) is 10.6. The molecule has 0 saturated carbocycles. The first-order chi connectivity index (χ1) is 6.36. The number of hydrogen-bond donors (Lipinski definition) is 0. The first kappa shape index (κ1) is 9.03. The van der Waals surface area contributed by atoms with Crippen molar-refractivity contribution >= 4 is 28.7 Å². The van der Waals surface area contributed by atoms with Crippen LogP contribution in [0.4, 0.5) is 0 Å². The predicted molar refractivity (Wildman–Crippen MR) is 59.6 cm³/mol. The summed E-state index contributed by atoms with van der Waals surface area (Å²) in [7, 11) is 0. The van der Waals surface area contributed by atoms with E-state index in [1.807, 2.05) is 36.5 Å². The van der Waals surface area contributed by atoms with E-state index in [9.17, 15) is 4.79 Å². The maximum absolute atomic E-state index is 11.4. The third kappa shape index (κ3) is 1.01. The first-order valence-corrected chi connectivity index (χ1v) is 4.19. The van der Waals surface area contributed by atoms with Crippen molar-refractivity contribution in [1.29, 1.82) is 0 Å². The van der Waals surface area contributed by atoms with Gasteiger partial charge in [0.2, 0.25) is 0 Å². The Morgan fingerprint density at radius 3 is 2.43 bits per heavy atom. The average Bonchev–Trinajstić information content (AvgIpc) is 2.57. The highest BCUT2D eigenvalue weighted by molar-refractivity contribution is 5.95. The van der Waals surface area contributed by atoms with Gasteiger partial charge in [-0.1, -0.05) is 18.2 Å². The quantitative estimate of drug-likeness (QED) is 0.552. The Labute approximate surface area is 86.5 Å². The van der Waals surface area contributed by atoms with Gasteiger partial charge >= 0.3 is 0 Å². The number of aromatic nitrogens is 1. The fourth-order valence-electron chi connectivity index (χ4n) is 1.78. The highest BCUT2D eigenvalue weighted by Crippen LogP contribution is 2.19. The van der Waals surface area contributed by atoms with Crippen LogP contribution >= 0.6 is 12.4 Å². The van der Waals surface area contributed by atoms with Crippen LogP contribution in [0, 0.1) is 0 Å². The van der Waals surface area contributed by atoms with Crippen molar-refractivity contribution in [2.75, 3.05) is 0 Å². The number of halogens is 1. The SMILES string of the molecule is Cl.O=c1ccc2cccc3ccn1c23. The van der Waals surface area contributed by atoms with Gasteiger partial charge in [-0.3, -0.25) is 9.20 Å². The van der Waals surface area contributed by atoms with E-state index >= 15 is 0 Å². The molecule has 0 amide bonds. The second kappa shape index (κ2) is 3.00. The number of para-hydroxylation sites is 1. The van der Waals surface area contributed by atoms with Gasteiger partial charge in [-0.25, -0.2) is 0 Å². The summed E-state index contributed by atoms with van der Waals surface area (Å²) in [5.74, 6) is 0. The first-order valence-electron chi connectivity index (χ1n) is 4.19. The minimum absolute atomic E-state index is 0. The van der Waals surface area contributed by atoms with E-state index in [2.05, 4.69) is 0 Å². The Bertz CT molecular complexity index is 629. The van der Waals surface area contributed by atoms with Crippen molar-refractivity contribution in [2.45, 2.75) is 0 Å². The van der Waals surface area contributed by atoms with Crippen LogP contribution < -0.4 is 5.56 Å². The van der Waals surface area contributed by atoms with Gasteiger partial charge in [0.25, 0.3) is 5.56 Å². The summed E-state index contributed by atoms with van der Waals surface area (Å²) in [6.07, 6.45) is 1.82. The summed E-state index contributed by atoms with van der Waals surface area (Å²) in [6.45, 7) is 0. The molecule has 0 N–H and O–H groups in total. The molecule has 70 valence electrons. The van der Waals surface area contributed by atoms with Crippen LogP contribution in [-0.2, 0) is 0 Å². The van der Waals surface area contributed by atoms with Gasteiger partial charge in [0.1, 0.15) is 0 Å². The lowest BCUT2D eigenvalue weighted by Crippen LogP contribution is -2.08. The molecule has 0 atom stereocenters. The third-order valence-electron chi connectivity index (χ3n) is 2.39. The van der Waals surface area contributed by atoms with Gasteiger partial charge in [0, 0.05) is 17.6 Å². The van der Waals surface area contributed by atoms with E-state index in [1.165, 1.54) is 0 Å². The largest absolute Gasteiger partial charge is 0.283 e. The Hall–Kier alpha value is -1.54. The molecule has 14 heavy (non-hydrogen) atoms. The molecule has 3 heteroatoms. The molecule has 3 rings (SSSR count). The lowest BCUT2D eigenvalue weighted by molar-refractivity contribution is 1.13. The standard InChI is InChI=1S/C11H7NO.ClH/c13-10-5-4-8-2-1-3-9-6-7-12(10)11(8)9;/h1-7H;1H. The number of nitrogens with zero attached hydrogens (tertiary/aromatic N) is 1. The minimum Gasteiger partial charge on any atom is -0.283 e. The summed E-state index contributed by atoms with van der Waals surface area (Å²) in [5.41, 5.74) is 1.06. The molecule has 3 aromatic rings. The smallest absolute Gasteiger partial charge is 0.255 e. The van der Waals surface area contributed by atoms with Crippen molar-refractivity contribution in [3.05, 3.63) is 52.9 Å². The van der Waals surface area contributed by atoms with Gasteiger partial charge in [-0.15, -0.1) is 12.4 Å². The van der Waals surface area contributed by atoms with E-state index in [0.717, 1.165) is 16.3 Å². The Balaban J connectivity index is 0.000000750. The molecule has 2 aromatic heterocycles. The highest BCUT2D eigenvalue weighted by atomic mass is 35.5. The number of hydrogen-bond acceptors (Lipinski definition) is 1. The summed E-state index contributed by atoms with van der Waals surface area (Å²) in [5, 5.41) is 2.23. The summed E-state index contributed by atoms with van der Waals surface area (Å²) in [4.78, 5) is 11.4. The van der Waals surface area contributed by atoms with Crippen LogP contribution in [0.5, 0.6) is 0 Å². The van der Waals surface area contributed by atoms with Gasteiger partial charge in [0.05, 0.1) is 5.52 Å². The zero-order valence-electron chi connectivity index (χ0n) is 7.31. The van der Waals surface area contributed by atoms with Gasteiger partial charge in [-0.2, -0.15) is 0 Å². The third-order valence-corrected chi connectivity index (χ3v) is 2.39. The van der Waals surface area contributed by atoms with E-state index in [4.69, 9.17) is 0 Å². The highest BCUT2D eigenvalue weighted by Gasteiger charge is 2.02. The molecule has 0 aliphatic carbocycles. The molecule has 0 unspecified atom stereocenters. The summed E-state index contributed by atoms with van der Waals surface area (Å²) < 4.78 is 1.69. The second-order valence-electron chi connectivity index (χ2n) is 3.14. The van der Waals surface area contributed by atoms with E-state index in [0.29, 0.717) is 0 Å². The molecular formula is C11H8ClNO. The molecule has 0 saturated heterocycles. The zero-order valence-corrected chi connectivity index (χ0v) is 8.12. The minimum atomic E-state index is 0. The van der Waals surface area contributed by atoms with Crippen LogP contribution in [0.2, 0.25) is 0 Å². The van der Waals surface area contributed by atoms with Crippen molar-refractivity contribution in [1.82, 2.24) is 4.40 Å². The van der Waals surface area contributed by atoms with Crippen molar-refractivity contribution in [3.63, 3.8) is 0 Å². The van der Waals surface area contributed by atoms with Gasteiger partial charge in [-0.05, 0) is 17.5 Å². The molecule has 1 aromatic carbocycles. The molecule has 0 aliphatic heterocycles. The van der Waals surface area contributed by atoms with E-state index < -0.39 is 0 Å². The zero-order chi connectivity index (χ0) is 8.84. The number of pyridine rings is 1. The van der Waals surface area contributed by atoms with Crippen molar-refractivity contribution in [2.24, 2.45) is 0 Å². The average molecular weight is 206 g/mol. The van der Waals surface area contributed by atoms with Crippen molar-refractivity contribution in [3.8, 4) is 0 Å². The summed E-state index contributed by atoms with van der Waals surface area (Å²) >= 11 is 0. The number of benzene rings is 1. The van der Waals surface area contributed by atoms with Gasteiger partial charge < -0.3 is 0 Å². The van der Waals surface area contributed by atoms with Crippen molar-refractivity contribution < 1.29 is 0 Å². The molecule has 2 nitrogen and oxygen atoms in total. The molecule has 0 spiro atoms. The van der Waals surface area contributed by atoms with Crippen LogP contribution in [-0.4, -0.2) is 4.40 Å². The maximum atomic E-state index is 11.4. The molecule has 0 fully saturated rings. The van der Waals surface area contributed by atoms with E-state index in [-0.39, 0.29) is 18.0 Å².